The van der Waals surface area contributed by atoms with E-state index in [-0.39, 0.29) is 11.9 Å². The average molecular weight is 308 g/mol. The Morgan fingerprint density at radius 3 is 2.95 bits per heavy atom. The number of thiophene rings is 1. The molecule has 0 atom stereocenters. The van der Waals surface area contributed by atoms with E-state index in [0.717, 1.165) is 0 Å². The van der Waals surface area contributed by atoms with E-state index in [1.807, 2.05) is 11.4 Å². The van der Waals surface area contributed by atoms with Gasteiger partial charge in [-0.25, -0.2) is 4.99 Å². The maximum Gasteiger partial charge on any atom is 0.292 e. The van der Waals surface area contributed by atoms with Crippen molar-refractivity contribution in [1.29, 1.82) is 0 Å². The highest BCUT2D eigenvalue weighted by atomic mass is 32.1. The van der Waals surface area contributed by atoms with E-state index in [0.29, 0.717) is 30.4 Å². The van der Waals surface area contributed by atoms with Crippen LogP contribution in [0.15, 0.2) is 45.3 Å². The van der Waals surface area contributed by atoms with Crippen LogP contribution in [0.3, 0.4) is 0 Å². The third-order valence-corrected chi connectivity index (χ3v) is 3.32. The molecule has 7 heteroatoms. The van der Waals surface area contributed by atoms with E-state index in [1.165, 1.54) is 11.3 Å². The quantitative estimate of drug-likeness (QED) is 0.505. The molecule has 2 aromatic heterocycles. The number of hydrogen-bond donors (Lipinski definition) is 1. The van der Waals surface area contributed by atoms with Crippen molar-refractivity contribution in [3.63, 3.8) is 0 Å². The maximum atomic E-state index is 12.0. The van der Waals surface area contributed by atoms with Gasteiger partial charge >= 0.3 is 0 Å². The number of amidine groups is 1. The SMILES string of the molecule is COCCOC(=NCc1ccco1)NC(=O)c1cccs1. The molecule has 1 amide bonds. The van der Waals surface area contributed by atoms with Crippen LogP contribution < -0.4 is 5.32 Å². The van der Waals surface area contributed by atoms with Crippen molar-refractivity contribution in [3.8, 4) is 0 Å². The summed E-state index contributed by atoms with van der Waals surface area (Å²) in [7, 11) is 1.58. The lowest BCUT2D eigenvalue weighted by Gasteiger charge is -2.09. The van der Waals surface area contributed by atoms with Crippen molar-refractivity contribution in [2.24, 2.45) is 4.99 Å². The van der Waals surface area contributed by atoms with Crippen molar-refractivity contribution >= 4 is 23.3 Å². The monoisotopic (exact) mass is 308 g/mol. The van der Waals surface area contributed by atoms with Crippen LogP contribution in [0, 0.1) is 0 Å². The van der Waals surface area contributed by atoms with Gasteiger partial charge in [0.2, 0.25) is 0 Å². The molecule has 0 aliphatic carbocycles. The molecule has 0 radical (unpaired) electrons. The van der Waals surface area contributed by atoms with Gasteiger partial charge in [-0.3, -0.25) is 10.1 Å². The fraction of sp³-hybridized carbons (Fsp3) is 0.286. The molecule has 0 unspecified atom stereocenters. The first-order valence-corrected chi connectivity index (χ1v) is 7.21. The van der Waals surface area contributed by atoms with Gasteiger partial charge in [0.1, 0.15) is 18.9 Å². The lowest BCUT2D eigenvalue weighted by atomic mass is 10.4. The van der Waals surface area contributed by atoms with Crippen LogP contribution in [0.5, 0.6) is 0 Å². The number of rotatable bonds is 6. The zero-order chi connectivity index (χ0) is 14.9. The van der Waals surface area contributed by atoms with E-state index in [2.05, 4.69) is 10.3 Å². The van der Waals surface area contributed by atoms with Crippen molar-refractivity contribution in [1.82, 2.24) is 5.32 Å². The summed E-state index contributed by atoms with van der Waals surface area (Å²) in [4.78, 5) is 16.8. The van der Waals surface area contributed by atoms with Gasteiger partial charge in [-0.05, 0) is 23.6 Å². The summed E-state index contributed by atoms with van der Waals surface area (Å²) >= 11 is 1.35. The Labute approximate surface area is 126 Å². The summed E-state index contributed by atoms with van der Waals surface area (Å²) in [5.41, 5.74) is 0. The molecular formula is C14H16N2O4S. The largest absolute Gasteiger partial charge is 0.467 e. The fourth-order valence-electron chi connectivity index (χ4n) is 1.46. The summed E-state index contributed by atoms with van der Waals surface area (Å²) in [6.07, 6.45) is 1.57. The Balaban J connectivity index is 1.97. The topological polar surface area (TPSA) is 73.1 Å². The van der Waals surface area contributed by atoms with Crippen LogP contribution in [-0.4, -0.2) is 32.3 Å². The minimum Gasteiger partial charge on any atom is -0.467 e. The summed E-state index contributed by atoms with van der Waals surface area (Å²) in [5.74, 6) is 0.439. The number of hydrogen-bond acceptors (Lipinski definition) is 6. The standard InChI is InChI=1S/C14H16N2O4S/c1-18-7-8-20-14(15-10-11-4-2-6-19-11)16-13(17)12-5-3-9-21-12/h2-6,9H,7-8,10H2,1H3,(H,15,16,17). The molecule has 0 spiro atoms. The minimum atomic E-state index is -0.249. The lowest BCUT2D eigenvalue weighted by Crippen LogP contribution is -2.33. The molecule has 1 N–H and O–H groups in total. The van der Waals surface area contributed by atoms with Crippen LogP contribution in [-0.2, 0) is 16.0 Å². The summed E-state index contributed by atoms with van der Waals surface area (Å²) in [6, 6.07) is 7.28. The number of furan rings is 1. The molecule has 2 heterocycles. The first-order chi connectivity index (χ1) is 10.3. The van der Waals surface area contributed by atoms with Gasteiger partial charge in [0.15, 0.2) is 0 Å². The zero-order valence-corrected chi connectivity index (χ0v) is 12.4. The lowest BCUT2D eigenvalue weighted by molar-refractivity contribution is 0.0957. The summed E-state index contributed by atoms with van der Waals surface area (Å²) in [6.45, 7) is 1.01. The van der Waals surface area contributed by atoms with Gasteiger partial charge in [-0.1, -0.05) is 6.07 Å². The molecule has 0 fully saturated rings. The number of nitrogens with one attached hydrogen (secondary N) is 1. The Morgan fingerprint density at radius 1 is 1.38 bits per heavy atom. The number of ether oxygens (including phenoxy) is 2. The molecule has 0 saturated carbocycles. The number of carbonyl (C=O) groups is 1. The highest BCUT2D eigenvalue weighted by Crippen LogP contribution is 2.08. The van der Waals surface area contributed by atoms with E-state index < -0.39 is 0 Å². The van der Waals surface area contributed by atoms with Gasteiger partial charge in [0, 0.05) is 7.11 Å². The molecule has 6 nitrogen and oxygen atoms in total. The van der Waals surface area contributed by atoms with Crippen molar-refractivity contribution in [2.75, 3.05) is 20.3 Å². The third kappa shape index (κ3) is 5.05. The predicted octanol–water partition coefficient (Wildman–Crippen LogP) is 2.29. The Bertz CT molecular complexity index is 564. The molecule has 0 aromatic carbocycles. The predicted molar refractivity (Wildman–Crippen MR) is 79.5 cm³/mol. The third-order valence-electron chi connectivity index (χ3n) is 2.45. The highest BCUT2D eigenvalue weighted by molar-refractivity contribution is 7.12. The average Bonchev–Trinajstić information content (AvgIpc) is 3.17. The summed E-state index contributed by atoms with van der Waals surface area (Å²) in [5, 5.41) is 4.48. The van der Waals surface area contributed by atoms with Gasteiger partial charge in [-0.2, -0.15) is 0 Å². The first kappa shape index (κ1) is 15.3. The van der Waals surface area contributed by atoms with Crippen LogP contribution in [0.1, 0.15) is 15.4 Å². The number of aliphatic imine (C=N–C) groups is 1. The number of carbonyl (C=O) groups excluding carboxylic acids is 1. The number of amides is 1. The van der Waals surface area contributed by atoms with Crippen molar-refractivity contribution < 1.29 is 18.7 Å². The molecular weight excluding hydrogens is 292 g/mol. The minimum absolute atomic E-state index is 0.154. The van der Waals surface area contributed by atoms with Crippen LogP contribution >= 0.6 is 11.3 Å². The van der Waals surface area contributed by atoms with Gasteiger partial charge in [0.25, 0.3) is 11.9 Å². The molecule has 2 aromatic rings. The van der Waals surface area contributed by atoms with Crippen molar-refractivity contribution in [3.05, 3.63) is 46.5 Å². The molecule has 21 heavy (non-hydrogen) atoms. The van der Waals surface area contributed by atoms with E-state index >= 15 is 0 Å². The maximum absolute atomic E-state index is 12.0. The van der Waals surface area contributed by atoms with Gasteiger partial charge < -0.3 is 13.9 Å². The number of nitrogens with zero attached hydrogens (tertiary/aromatic N) is 1. The highest BCUT2D eigenvalue weighted by Gasteiger charge is 2.11. The van der Waals surface area contributed by atoms with Gasteiger partial charge in [0.05, 0.1) is 17.7 Å². The van der Waals surface area contributed by atoms with Crippen molar-refractivity contribution in [2.45, 2.75) is 6.54 Å². The van der Waals surface area contributed by atoms with Gasteiger partial charge in [-0.15, -0.1) is 11.3 Å². The number of methoxy groups -OCH3 is 1. The van der Waals surface area contributed by atoms with Crippen LogP contribution in [0.4, 0.5) is 0 Å². The normalized spacial score (nSPS) is 11.4. The van der Waals surface area contributed by atoms with E-state index in [4.69, 9.17) is 13.9 Å². The fourth-order valence-corrected chi connectivity index (χ4v) is 2.08. The second kappa shape index (κ2) is 8.23. The van der Waals surface area contributed by atoms with Crippen LogP contribution in [0.25, 0.3) is 0 Å². The molecule has 0 aliphatic rings. The molecule has 2 rings (SSSR count). The molecule has 0 bridgehead atoms. The van der Waals surface area contributed by atoms with Crippen LogP contribution in [0.2, 0.25) is 0 Å². The smallest absolute Gasteiger partial charge is 0.292 e. The summed E-state index contributed by atoms with van der Waals surface area (Å²) < 4.78 is 15.5. The second-order valence-corrected chi connectivity index (χ2v) is 4.92. The molecule has 0 aliphatic heterocycles. The molecule has 0 saturated heterocycles. The van der Waals surface area contributed by atoms with E-state index in [9.17, 15) is 4.79 Å². The first-order valence-electron chi connectivity index (χ1n) is 6.33. The Hall–Kier alpha value is -2.12. The Morgan fingerprint density at radius 2 is 2.29 bits per heavy atom. The second-order valence-electron chi connectivity index (χ2n) is 3.97. The van der Waals surface area contributed by atoms with E-state index in [1.54, 1.807) is 31.6 Å². The molecule has 112 valence electrons. The Kier molecular flexibility index (Phi) is 5.99. The zero-order valence-electron chi connectivity index (χ0n) is 11.6.